The molecule has 0 unspecified atom stereocenters. The molecule has 0 bridgehead atoms. The quantitative estimate of drug-likeness (QED) is 0.515. The van der Waals surface area contributed by atoms with Crippen LogP contribution < -0.4 is 5.32 Å². The Morgan fingerprint density at radius 3 is 2.67 bits per heavy atom. The second kappa shape index (κ2) is 7.63. The molecule has 6 heteroatoms. The summed E-state index contributed by atoms with van der Waals surface area (Å²) in [7, 11) is 0. The Morgan fingerprint density at radius 2 is 1.96 bits per heavy atom. The number of hydrogen-bond donors (Lipinski definition) is 1. The largest absolute Gasteiger partial charge is 0.359 e. The van der Waals surface area contributed by atoms with E-state index in [4.69, 9.17) is 11.6 Å². The zero-order valence-corrected chi connectivity index (χ0v) is 15.5. The molecule has 24 heavy (non-hydrogen) atoms. The zero-order valence-electron chi connectivity index (χ0n) is 12.3. The van der Waals surface area contributed by atoms with Gasteiger partial charge in [0.15, 0.2) is 0 Å². The van der Waals surface area contributed by atoms with E-state index in [1.54, 1.807) is 12.3 Å². The van der Waals surface area contributed by atoms with Gasteiger partial charge in [-0.05, 0) is 24.3 Å². The van der Waals surface area contributed by atoms with E-state index in [0.717, 1.165) is 21.4 Å². The smallest absolute Gasteiger partial charge is 0.136 e. The summed E-state index contributed by atoms with van der Waals surface area (Å²) >= 11 is 11.0. The third kappa shape index (κ3) is 3.85. The molecule has 3 aromatic rings. The number of hydrogen-bond acceptors (Lipinski definition) is 4. The highest BCUT2D eigenvalue weighted by Crippen LogP contribution is 2.27. The van der Waals surface area contributed by atoms with Crippen molar-refractivity contribution >= 4 is 50.1 Å². The van der Waals surface area contributed by atoms with Crippen LogP contribution in [0.2, 0.25) is 5.02 Å². The number of nitriles is 1. The van der Waals surface area contributed by atoms with Gasteiger partial charge in [0.05, 0.1) is 16.4 Å². The molecule has 0 aliphatic heterocycles. The topological polar surface area (TPSA) is 48.7 Å². The van der Waals surface area contributed by atoms with Crippen LogP contribution in [0.5, 0.6) is 0 Å². The Morgan fingerprint density at radius 1 is 1.21 bits per heavy atom. The molecule has 1 heterocycles. The maximum atomic E-state index is 9.41. The van der Waals surface area contributed by atoms with Crippen molar-refractivity contribution in [2.75, 3.05) is 5.32 Å². The fourth-order valence-corrected chi connectivity index (χ4v) is 3.27. The molecule has 0 saturated carbocycles. The van der Waals surface area contributed by atoms with E-state index in [1.165, 1.54) is 11.3 Å². The first-order valence-electron chi connectivity index (χ1n) is 7.00. The lowest BCUT2D eigenvalue weighted by molar-refractivity contribution is 1.36. The van der Waals surface area contributed by atoms with Gasteiger partial charge in [-0.25, -0.2) is 4.98 Å². The number of para-hydroxylation sites is 1. The molecule has 0 saturated heterocycles. The molecule has 0 aliphatic carbocycles. The lowest BCUT2D eigenvalue weighted by Crippen LogP contribution is -1.91. The predicted molar refractivity (Wildman–Crippen MR) is 104 cm³/mol. The number of halogens is 2. The molecule has 0 radical (unpaired) electrons. The summed E-state index contributed by atoms with van der Waals surface area (Å²) in [5.41, 5.74) is 3.07. The van der Waals surface area contributed by atoms with Crippen LogP contribution in [-0.4, -0.2) is 4.98 Å². The summed E-state index contributed by atoms with van der Waals surface area (Å²) in [5, 5.41) is 15.7. The minimum Gasteiger partial charge on any atom is -0.359 e. The number of benzene rings is 2. The number of nitrogens with one attached hydrogen (secondary N) is 1. The van der Waals surface area contributed by atoms with Gasteiger partial charge in [0.25, 0.3) is 0 Å². The lowest BCUT2D eigenvalue weighted by atomic mass is 10.2. The molecule has 118 valence electrons. The van der Waals surface area contributed by atoms with Crippen LogP contribution in [0.1, 0.15) is 5.01 Å². The van der Waals surface area contributed by atoms with Gasteiger partial charge in [0, 0.05) is 21.6 Å². The average Bonchev–Trinajstić information content (AvgIpc) is 3.07. The molecule has 0 amide bonds. The zero-order chi connectivity index (χ0) is 16.9. The van der Waals surface area contributed by atoms with Crippen molar-refractivity contribution in [1.29, 1.82) is 5.26 Å². The summed E-state index contributed by atoms with van der Waals surface area (Å²) in [4.78, 5) is 4.56. The third-order valence-electron chi connectivity index (χ3n) is 3.24. The minimum atomic E-state index is 0.461. The standard InChI is InChI=1S/C18H11BrClN3S/c19-14-7-5-12(6-8-14)17-11-24-18(23-17)13(9-21)10-22-16-4-2-1-3-15(16)20/h1-8,10-11,22H/b13-10+. The van der Waals surface area contributed by atoms with E-state index in [9.17, 15) is 5.26 Å². The monoisotopic (exact) mass is 415 g/mol. The Bertz CT molecular complexity index is 926. The van der Waals surface area contributed by atoms with Crippen LogP contribution >= 0.6 is 38.9 Å². The molecular formula is C18H11BrClN3S. The number of rotatable bonds is 4. The molecule has 1 aromatic heterocycles. The first-order valence-corrected chi connectivity index (χ1v) is 9.05. The van der Waals surface area contributed by atoms with Gasteiger partial charge in [-0.1, -0.05) is 51.8 Å². The van der Waals surface area contributed by atoms with E-state index in [1.807, 2.05) is 47.8 Å². The van der Waals surface area contributed by atoms with Crippen molar-refractivity contribution in [2.24, 2.45) is 0 Å². The second-order valence-corrected chi connectivity index (χ2v) is 7.02. The number of anilines is 1. The van der Waals surface area contributed by atoms with Crippen molar-refractivity contribution in [3.8, 4) is 17.3 Å². The van der Waals surface area contributed by atoms with Gasteiger partial charge in [-0.15, -0.1) is 11.3 Å². The average molecular weight is 417 g/mol. The molecular weight excluding hydrogens is 406 g/mol. The second-order valence-electron chi connectivity index (χ2n) is 4.84. The van der Waals surface area contributed by atoms with Gasteiger partial charge in [0.2, 0.25) is 0 Å². The normalized spacial score (nSPS) is 11.1. The molecule has 0 aliphatic rings. The van der Waals surface area contributed by atoms with Crippen molar-refractivity contribution < 1.29 is 0 Å². The summed E-state index contributed by atoms with van der Waals surface area (Å²) < 4.78 is 1.02. The van der Waals surface area contributed by atoms with E-state index in [0.29, 0.717) is 15.6 Å². The van der Waals surface area contributed by atoms with Crippen LogP contribution in [-0.2, 0) is 0 Å². The van der Waals surface area contributed by atoms with Crippen molar-refractivity contribution in [1.82, 2.24) is 4.98 Å². The maximum absolute atomic E-state index is 9.41. The minimum absolute atomic E-state index is 0.461. The van der Waals surface area contributed by atoms with E-state index >= 15 is 0 Å². The molecule has 3 nitrogen and oxygen atoms in total. The van der Waals surface area contributed by atoms with Crippen molar-refractivity contribution in [3.05, 3.63) is 74.6 Å². The summed E-state index contributed by atoms with van der Waals surface area (Å²) in [6.07, 6.45) is 1.63. The number of nitrogens with zero attached hydrogens (tertiary/aromatic N) is 2. The fraction of sp³-hybridized carbons (Fsp3) is 0. The summed E-state index contributed by atoms with van der Waals surface area (Å²) in [6, 6.07) is 17.5. The van der Waals surface area contributed by atoms with Crippen LogP contribution in [0.3, 0.4) is 0 Å². The SMILES string of the molecule is N#C/C(=C\Nc1ccccc1Cl)c1nc(-c2ccc(Br)cc2)cs1. The van der Waals surface area contributed by atoms with Gasteiger partial charge < -0.3 is 5.32 Å². The van der Waals surface area contributed by atoms with Gasteiger partial charge in [0.1, 0.15) is 16.6 Å². The first-order chi connectivity index (χ1) is 11.7. The Labute approximate surface area is 157 Å². The summed E-state index contributed by atoms with van der Waals surface area (Å²) in [5.74, 6) is 0. The molecule has 3 rings (SSSR count). The molecule has 0 fully saturated rings. The van der Waals surface area contributed by atoms with E-state index in [-0.39, 0.29) is 0 Å². The highest BCUT2D eigenvalue weighted by Gasteiger charge is 2.09. The van der Waals surface area contributed by atoms with Crippen LogP contribution in [0.25, 0.3) is 16.8 Å². The fourth-order valence-electron chi connectivity index (χ4n) is 2.02. The van der Waals surface area contributed by atoms with Crippen molar-refractivity contribution in [3.63, 3.8) is 0 Å². The molecule has 0 atom stereocenters. The first kappa shape index (κ1) is 16.7. The number of allylic oxidation sites excluding steroid dienone is 1. The highest BCUT2D eigenvalue weighted by atomic mass is 79.9. The third-order valence-corrected chi connectivity index (χ3v) is 4.97. The summed E-state index contributed by atoms with van der Waals surface area (Å²) in [6.45, 7) is 0. The van der Waals surface area contributed by atoms with Crippen LogP contribution in [0.4, 0.5) is 5.69 Å². The highest BCUT2D eigenvalue weighted by molar-refractivity contribution is 9.10. The van der Waals surface area contributed by atoms with Crippen LogP contribution in [0, 0.1) is 11.3 Å². The Kier molecular flexibility index (Phi) is 5.31. The maximum Gasteiger partial charge on any atom is 0.136 e. The van der Waals surface area contributed by atoms with Crippen LogP contribution in [0.15, 0.2) is 64.6 Å². The Balaban J connectivity index is 1.84. The van der Waals surface area contributed by atoms with E-state index in [2.05, 4.69) is 32.3 Å². The van der Waals surface area contributed by atoms with E-state index < -0.39 is 0 Å². The van der Waals surface area contributed by atoms with Crippen molar-refractivity contribution in [2.45, 2.75) is 0 Å². The number of thiazole rings is 1. The lowest BCUT2D eigenvalue weighted by Gasteiger charge is -2.03. The number of aromatic nitrogens is 1. The van der Waals surface area contributed by atoms with Gasteiger partial charge in [-0.3, -0.25) is 0 Å². The predicted octanol–water partition coefficient (Wildman–Crippen LogP) is 6.20. The molecule has 2 aromatic carbocycles. The van der Waals surface area contributed by atoms with Gasteiger partial charge >= 0.3 is 0 Å². The van der Waals surface area contributed by atoms with Gasteiger partial charge in [-0.2, -0.15) is 5.26 Å². The molecule has 1 N–H and O–H groups in total. The molecule has 0 spiro atoms. The Hall–Kier alpha value is -2.13.